The molecule has 0 heterocycles. The minimum absolute atomic E-state index is 0.0424. The van der Waals surface area contributed by atoms with Crippen LogP contribution in [0.5, 0.6) is 0 Å². The van der Waals surface area contributed by atoms with Gasteiger partial charge in [0.1, 0.15) is 0 Å². The van der Waals surface area contributed by atoms with E-state index in [4.69, 9.17) is 18.0 Å². The van der Waals surface area contributed by atoms with E-state index < -0.39 is 5.41 Å². The van der Waals surface area contributed by atoms with Gasteiger partial charge in [0.2, 0.25) is 5.91 Å². The van der Waals surface area contributed by atoms with Crippen molar-refractivity contribution in [1.82, 2.24) is 0 Å². The van der Waals surface area contributed by atoms with Gasteiger partial charge in [-0.15, -0.1) is 0 Å². The van der Waals surface area contributed by atoms with E-state index in [1.807, 2.05) is 38.2 Å². The van der Waals surface area contributed by atoms with Gasteiger partial charge in [-0.25, -0.2) is 0 Å². The average molecular weight is 304 g/mol. The highest BCUT2D eigenvalue weighted by atomic mass is 32.1. The number of anilines is 1. The number of thiocarbonyl (C=S) groups is 1. The summed E-state index contributed by atoms with van der Waals surface area (Å²) in [6.45, 7) is 2.04. The lowest BCUT2D eigenvalue weighted by atomic mass is 9.78. The molecule has 0 saturated heterocycles. The normalized spacial score (nSPS) is 17.8. The molecule has 1 aliphatic rings. The number of carbonyl (C=O) groups is 1. The van der Waals surface area contributed by atoms with Crippen LogP contribution in [0.2, 0.25) is 0 Å². The van der Waals surface area contributed by atoms with Crippen LogP contribution in [-0.2, 0) is 4.79 Å². The molecule has 1 amide bonds. The van der Waals surface area contributed by atoms with Crippen molar-refractivity contribution in [2.24, 2.45) is 11.1 Å². The van der Waals surface area contributed by atoms with Crippen LogP contribution in [0.25, 0.3) is 0 Å². The Morgan fingerprint density at radius 2 is 1.67 bits per heavy atom. The predicted octanol–water partition coefficient (Wildman–Crippen LogP) is 3.58. The standard InChI is InChI=1S/C17H24N2OS/c1-13-7-9-14(10-8-13)19(2)16(20)17(15(18)21)11-5-3-4-6-12-17/h7-10H,3-6,11-12H2,1-2H3,(H2,18,21). The summed E-state index contributed by atoms with van der Waals surface area (Å²) in [5.74, 6) is 0.0424. The average Bonchev–Trinajstić information content (AvgIpc) is 2.73. The summed E-state index contributed by atoms with van der Waals surface area (Å²) >= 11 is 5.28. The van der Waals surface area contributed by atoms with Gasteiger partial charge in [0.05, 0.1) is 10.4 Å². The zero-order chi connectivity index (χ0) is 15.5. The third kappa shape index (κ3) is 3.26. The molecular formula is C17H24N2OS. The Morgan fingerprint density at radius 1 is 1.14 bits per heavy atom. The molecule has 1 aromatic carbocycles. The molecule has 3 nitrogen and oxygen atoms in total. The molecule has 21 heavy (non-hydrogen) atoms. The van der Waals surface area contributed by atoms with E-state index in [1.54, 1.807) is 4.90 Å². The molecule has 2 rings (SSSR count). The fourth-order valence-corrected chi connectivity index (χ4v) is 3.40. The minimum Gasteiger partial charge on any atom is -0.392 e. The summed E-state index contributed by atoms with van der Waals surface area (Å²) in [6, 6.07) is 7.97. The van der Waals surface area contributed by atoms with Gasteiger partial charge in [-0.1, -0.05) is 55.6 Å². The number of benzene rings is 1. The first-order valence-electron chi connectivity index (χ1n) is 7.62. The van der Waals surface area contributed by atoms with Crippen molar-refractivity contribution in [3.8, 4) is 0 Å². The Kier molecular flexibility index (Phi) is 4.99. The molecule has 0 aromatic heterocycles. The number of aryl methyl sites for hydroxylation is 1. The molecule has 0 spiro atoms. The molecule has 1 aromatic rings. The smallest absolute Gasteiger partial charge is 0.239 e. The van der Waals surface area contributed by atoms with Gasteiger partial charge in [0.15, 0.2) is 0 Å². The van der Waals surface area contributed by atoms with Crippen molar-refractivity contribution >= 4 is 28.8 Å². The molecule has 2 N–H and O–H groups in total. The molecule has 114 valence electrons. The Hall–Kier alpha value is -1.42. The molecule has 0 atom stereocenters. The fraction of sp³-hybridized carbons (Fsp3) is 0.529. The number of carbonyl (C=O) groups excluding carboxylic acids is 1. The topological polar surface area (TPSA) is 46.3 Å². The molecule has 1 saturated carbocycles. The van der Waals surface area contributed by atoms with E-state index in [-0.39, 0.29) is 5.91 Å². The van der Waals surface area contributed by atoms with E-state index in [0.29, 0.717) is 4.99 Å². The van der Waals surface area contributed by atoms with Crippen molar-refractivity contribution in [3.05, 3.63) is 29.8 Å². The van der Waals surface area contributed by atoms with E-state index in [0.717, 1.165) is 44.2 Å². The van der Waals surface area contributed by atoms with Crippen LogP contribution in [0.4, 0.5) is 5.69 Å². The second-order valence-electron chi connectivity index (χ2n) is 6.06. The SMILES string of the molecule is Cc1ccc(N(C)C(=O)C2(C(N)=S)CCCCCC2)cc1. The van der Waals surface area contributed by atoms with Crippen LogP contribution < -0.4 is 10.6 Å². The lowest BCUT2D eigenvalue weighted by Gasteiger charge is -2.34. The second-order valence-corrected chi connectivity index (χ2v) is 6.50. The van der Waals surface area contributed by atoms with Crippen molar-refractivity contribution < 1.29 is 4.79 Å². The Balaban J connectivity index is 2.29. The van der Waals surface area contributed by atoms with Gasteiger partial charge in [-0.05, 0) is 31.9 Å². The highest BCUT2D eigenvalue weighted by Crippen LogP contribution is 2.38. The molecule has 0 aliphatic heterocycles. The zero-order valence-corrected chi connectivity index (χ0v) is 13.7. The Labute approximate surface area is 132 Å². The number of nitrogens with zero attached hydrogens (tertiary/aromatic N) is 1. The van der Waals surface area contributed by atoms with Crippen molar-refractivity contribution in [3.63, 3.8) is 0 Å². The zero-order valence-electron chi connectivity index (χ0n) is 12.9. The third-order valence-electron chi connectivity index (χ3n) is 4.56. The highest BCUT2D eigenvalue weighted by Gasteiger charge is 2.43. The van der Waals surface area contributed by atoms with Gasteiger partial charge in [0, 0.05) is 12.7 Å². The first-order valence-corrected chi connectivity index (χ1v) is 8.03. The molecule has 0 radical (unpaired) electrons. The maximum absolute atomic E-state index is 13.1. The molecule has 4 heteroatoms. The van der Waals surface area contributed by atoms with Crippen molar-refractivity contribution in [2.45, 2.75) is 45.4 Å². The number of amides is 1. The van der Waals surface area contributed by atoms with Gasteiger partial charge in [0.25, 0.3) is 0 Å². The van der Waals surface area contributed by atoms with E-state index in [2.05, 4.69) is 0 Å². The van der Waals surface area contributed by atoms with Crippen LogP contribution in [0.3, 0.4) is 0 Å². The largest absolute Gasteiger partial charge is 0.392 e. The van der Waals surface area contributed by atoms with Gasteiger partial charge >= 0.3 is 0 Å². The summed E-state index contributed by atoms with van der Waals surface area (Å²) in [4.78, 5) is 15.1. The highest BCUT2D eigenvalue weighted by molar-refractivity contribution is 7.80. The lowest BCUT2D eigenvalue weighted by Crippen LogP contribution is -2.49. The molecule has 0 unspecified atom stereocenters. The van der Waals surface area contributed by atoms with Gasteiger partial charge in [-0.2, -0.15) is 0 Å². The molecular weight excluding hydrogens is 280 g/mol. The molecule has 1 aliphatic carbocycles. The van der Waals surface area contributed by atoms with E-state index >= 15 is 0 Å². The van der Waals surface area contributed by atoms with Crippen LogP contribution in [0, 0.1) is 12.3 Å². The minimum atomic E-state index is -0.661. The number of hydrogen-bond donors (Lipinski definition) is 1. The third-order valence-corrected chi connectivity index (χ3v) is 4.95. The summed E-state index contributed by atoms with van der Waals surface area (Å²) < 4.78 is 0. The lowest BCUT2D eigenvalue weighted by molar-refractivity contribution is -0.125. The second kappa shape index (κ2) is 6.56. The van der Waals surface area contributed by atoms with Crippen LogP contribution in [0.1, 0.15) is 44.1 Å². The molecule has 0 bridgehead atoms. The maximum Gasteiger partial charge on any atom is 0.239 e. The van der Waals surface area contributed by atoms with Gasteiger partial charge in [-0.3, -0.25) is 4.79 Å². The Bertz CT molecular complexity index is 516. The van der Waals surface area contributed by atoms with Crippen LogP contribution >= 0.6 is 12.2 Å². The number of rotatable bonds is 3. The first kappa shape index (κ1) is 16.0. The summed E-state index contributed by atoms with van der Waals surface area (Å²) in [7, 11) is 1.82. The van der Waals surface area contributed by atoms with E-state index in [1.165, 1.54) is 5.56 Å². The van der Waals surface area contributed by atoms with E-state index in [9.17, 15) is 4.79 Å². The summed E-state index contributed by atoms with van der Waals surface area (Å²) in [5, 5.41) is 0. The number of nitrogens with two attached hydrogens (primary N) is 1. The van der Waals surface area contributed by atoms with Crippen LogP contribution in [-0.4, -0.2) is 17.9 Å². The quantitative estimate of drug-likeness (QED) is 0.686. The molecule has 1 fully saturated rings. The Morgan fingerprint density at radius 3 is 2.14 bits per heavy atom. The first-order chi connectivity index (χ1) is 9.97. The summed E-state index contributed by atoms with van der Waals surface area (Å²) in [6.07, 6.45) is 5.90. The monoisotopic (exact) mass is 304 g/mol. The maximum atomic E-state index is 13.1. The predicted molar refractivity (Wildman–Crippen MR) is 91.5 cm³/mol. The van der Waals surface area contributed by atoms with Crippen molar-refractivity contribution in [2.75, 3.05) is 11.9 Å². The fourth-order valence-electron chi connectivity index (χ4n) is 3.10. The summed E-state index contributed by atoms with van der Waals surface area (Å²) in [5.41, 5.74) is 7.41. The van der Waals surface area contributed by atoms with Crippen LogP contribution in [0.15, 0.2) is 24.3 Å². The van der Waals surface area contributed by atoms with Crippen molar-refractivity contribution in [1.29, 1.82) is 0 Å². The number of hydrogen-bond acceptors (Lipinski definition) is 2. The van der Waals surface area contributed by atoms with Gasteiger partial charge < -0.3 is 10.6 Å².